The predicted octanol–water partition coefficient (Wildman–Crippen LogP) is 4.33. The molecular weight excluding hydrogens is 175 g/mol. The zero-order chi connectivity index (χ0) is 9.94. The Kier molecular flexibility index (Phi) is 10.9. The molecule has 82 valence electrons. The van der Waals surface area contributed by atoms with Gasteiger partial charge in [0.2, 0.25) is 0 Å². The average Bonchev–Trinajstić information content (AvgIpc) is 2.17. The minimum atomic E-state index is -0.287. The fraction of sp³-hybridized carbons (Fsp3) is 1.00. The van der Waals surface area contributed by atoms with Gasteiger partial charge in [0, 0.05) is 0 Å². The van der Waals surface area contributed by atoms with Crippen molar-refractivity contribution in [3.05, 3.63) is 0 Å². The molecule has 0 aliphatic rings. The Morgan fingerprint density at radius 3 is 1.15 bits per heavy atom. The van der Waals surface area contributed by atoms with E-state index in [4.69, 9.17) is 0 Å². The van der Waals surface area contributed by atoms with E-state index < -0.39 is 0 Å². The van der Waals surface area contributed by atoms with Gasteiger partial charge in [0.25, 0.3) is 0 Å². The molecule has 1 heteroatoms. The van der Waals surface area contributed by atoms with E-state index in [1.807, 2.05) is 0 Å². The number of rotatable bonds is 9. The van der Waals surface area contributed by atoms with Crippen molar-refractivity contribution in [1.82, 2.24) is 0 Å². The van der Waals surface area contributed by atoms with Crippen molar-refractivity contribution < 1.29 is 0 Å². The quantitative estimate of drug-likeness (QED) is 0.490. The molecule has 0 saturated heterocycles. The fourth-order valence-corrected chi connectivity index (χ4v) is 5.73. The molecule has 0 aliphatic heterocycles. The Morgan fingerprint density at radius 1 is 0.615 bits per heavy atom. The molecule has 0 fully saturated rings. The van der Waals surface area contributed by atoms with Crippen LogP contribution in [0.2, 0.25) is 0 Å². The van der Waals surface area contributed by atoms with Crippen LogP contribution in [0.4, 0.5) is 0 Å². The van der Waals surface area contributed by atoms with Gasteiger partial charge in [-0.2, -0.15) is 0 Å². The second kappa shape index (κ2) is 10.5. The van der Waals surface area contributed by atoms with Crippen LogP contribution >= 0.6 is 7.92 Å². The fourth-order valence-electron chi connectivity index (χ4n) is 1.91. The molecule has 0 aromatic carbocycles. The summed E-state index contributed by atoms with van der Waals surface area (Å²) in [6.45, 7) is 6.97. The monoisotopic (exact) mass is 204 g/mol. The second-order valence-electron chi connectivity index (χ2n) is 4.29. The van der Waals surface area contributed by atoms with Gasteiger partial charge in [0.05, 0.1) is 0 Å². The Morgan fingerprint density at radius 2 is 0.923 bits per heavy atom. The first-order chi connectivity index (χ1) is 6.35. The van der Waals surface area contributed by atoms with Crippen molar-refractivity contribution in [1.29, 1.82) is 0 Å². The van der Waals surface area contributed by atoms with E-state index >= 15 is 0 Å². The Hall–Kier alpha value is 0.430. The third kappa shape index (κ3) is 8.75. The van der Waals surface area contributed by atoms with Crippen LogP contribution in [-0.4, -0.2) is 18.5 Å². The first kappa shape index (κ1) is 13.4. The van der Waals surface area contributed by atoms with Crippen LogP contribution in [-0.2, 0) is 0 Å². The molecule has 0 heterocycles. The molecule has 0 bridgehead atoms. The molecule has 0 rings (SSSR count). The summed E-state index contributed by atoms with van der Waals surface area (Å²) in [6.07, 6.45) is 13.6. The average molecular weight is 204 g/mol. The molecule has 0 unspecified atom stereocenters. The van der Waals surface area contributed by atoms with Crippen molar-refractivity contribution in [3.63, 3.8) is 0 Å². The molecule has 0 amide bonds. The molecule has 0 saturated carbocycles. The van der Waals surface area contributed by atoms with Gasteiger partial charge in [-0.05, 0) is 0 Å². The van der Waals surface area contributed by atoms with Gasteiger partial charge in [-0.15, -0.1) is 0 Å². The molecule has 0 atom stereocenters. The Bertz CT molecular complexity index is 72.1. The van der Waals surface area contributed by atoms with Crippen LogP contribution in [0.5, 0.6) is 0 Å². The van der Waals surface area contributed by atoms with Crippen LogP contribution in [0, 0.1) is 0 Å². The summed E-state index contributed by atoms with van der Waals surface area (Å²) in [5.41, 5.74) is 0. The van der Waals surface area contributed by atoms with Crippen molar-refractivity contribution in [2.24, 2.45) is 0 Å². The minimum absolute atomic E-state index is 0.287. The summed E-state index contributed by atoms with van der Waals surface area (Å²) in [5.74, 6) is 0. The molecule has 0 nitrogen and oxygen atoms in total. The van der Waals surface area contributed by atoms with E-state index in [0.717, 1.165) is 0 Å². The van der Waals surface area contributed by atoms with E-state index in [-0.39, 0.29) is 7.92 Å². The van der Waals surface area contributed by atoms with Crippen LogP contribution in [0.25, 0.3) is 0 Å². The molecule has 0 aromatic rings. The summed E-state index contributed by atoms with van der Waals surface area (Å²) < 4.78 is 0. The first-order valence-corrected chi connectivity index (χ1v) is 8.80. The van der Waals surface area contributed by atoms with E-state index in [0.29, 0.717) is 0 Å². The van der Waals surface area contributed by atoms with Crippen LogP contribution in [0.3, 0.4) is 0 Å². The van der Waals surface area contributed by atoms with Crippen LogP contribution in [0.15, 0.2) is 0 Å². The van der Waals surface area contributed by atoms with Gasteiger partial charge in [-0.25, -0.2) is 0 Å². The van der Waals surface area contributed by atoms with Gasteiger partial charge >= 0.3 is 85.7 Å². The molecular formula is C12H29P. The molecule has 0 radical (unpaired) electrons. The predicted molar refractivity (Wildman–Crippen MR) is 69.0 cm³/mol. The summed E-state index contributed by atoms with van der Waals surface area (Å²) in [7, 11) is -0.287. The van der Waals surface area contributed by atoms with Crippen molar-refractivity contribution in [2.45, 2.75) is 59.3 Å². The number of unbranched alkanes of at least 4 members (excludes halogenated alkanes) is 3. The molecule has 13 heavy (non-hydrogen) atoms. The van der Waals surface area contributed by atoms with Gasteiger partial charge in [0.1, 0.15) is 0 Å². The SMILES string of the molecule is CCCC[PH2](CCCC)CCCC. The van der Waals surface area contributed by atoms with Gasteiger partial charge in [-0.1, -0.05) is 0 Å². The van der Waals surface area contributed by atoms with Crippen LogP contribution < -0.4 is 0 Å². The molecule has 0 N–H and O–H groups in total. The van der Waals surface area contributed by atoms with Gasteiger partial charge in [-0.3, -0.25) is 0 Å². The van der Waals surface area contributed by atoms with Gasteiger partial charge in [0.15, 0.2) is 0 Å². The van der Waals surface area contributed by atoms with E-state index in [1.165, 1.54) is 38.5 Å². The summed E-state index contributed by atoms with van der Waals surface area (Å²) in [4.78, 5) is 0. The summed E-state index contributed by atoms with van der Waals surface area (Å²) in [6, 6.07) is 0. The molecule has 0 aliphatic carbocycles. The number of hydrogen-bond acceptors (Lipinski definition) is 0. The Balaban J connectivity index is 3.47. The van der Waals surface area contributed by atoms with Crippen LogP contribution in [0.1, 0.15) is 59.3 Å². The topological polar surface area (TPSA) is 0 Å². The first-order valence-electron chi connectivity index (χ1n) is 6.35. The van der Waals surface area contributed by atoms with Gasteiger partial charge < -0.3 is 0 Å². The molecule has 0 spiro atoms. The molecule has 0 aromatic heterocycles. The maximum absolute atomic E-state index is 2.32. The van der Waals surface area contributed by atoms with E-state index in [9.17, 15) is 0 Å². The van der Waals surface area contributed by atoms with E-state index in [2.05, 4.69) is 20.8 Å². The van der Waals surface area contributed by atoms with Crippen molar-refractivity contribution >= 4 is 7.92 Å². The normalized spacial score (nSPS) is 11.8. The zero-order valence-electron chi connectivity index (χ0n) is 9.94. The zero-order valence-corrected chi connectivity index (χ0v) is 11.1. The second-order valence-corrected chi connectivity index (χ2v) is 7.76. The van der Waals surface area contributed by atoms with Crippen molar-refractivity contribution in [3.8, 4) is 0 Å². The standard InChI is InChI=1S/C12H29P/c1-4-7-10-13(11-8-5-2)12-9-6-3/h4-13H2,1-3H3. The van der Waals surface area contributed by atoms with E-state index in [1.54, 1.807) is 18.5 Å². The van der Waals surface area contributed by atoms with Crippen molar-refractivity contribution in [2.75, 3.05) is 18.5 Å². The third-order valence-electron chi connectivity index (χ3n) is 2.90. The number of hydrogen-bond donors (Lipinski definition) is 0. The summed E-state index contributed by atoms with van der Waals surface area (Å²) >= 11 is 0. The third-order valence-corrected chi connectivity index (χ3v) is 6.57. The maximum atomic E-state index is 2.32. The Labute approximate surface area is 86.3 Å². The summed E-state index contributed by atoms with van der Waals surface area (Å²) in [5, 5.41) is 0.